The predicted molar refractivity (Wildman–Crippen MR) is 81.6 cm³/mol. The highest BCUT2D eigenvalue weighted by atomic mass is 32.2. The maximum Gasteiger partial charge on any atom is 0.291 e. The second kappa shape index (κ2) is 6.58. The first kappa shape index (κ1) is 16.6. The van der Waals surface area contributed by atoms with Gasteiger partial charge in [0.25, 0.3) is 10.0 Å². The Bertz CT molecular complexity index is 795. The minimum atomic E-state index is -3.95. The number of ketones is 1. The summed E-state index contributed by atoms with van der Waals surface area (Å²) in [5.41, 5.74) is 0.303. The van der Waals surface area contributed by atoms with Crippen LogP contribution in [-0.4, -0.2) is 35.0 Å². The molecule has 22 heavy (non-hydrogen) atoms. The Morgan fingerprint density at radius 2 is 2.18 bits per heavy atom. The van der Waals surface area contributed by atoms with Crippen LogP contribution in [-0.2, 0) is 14.8 Å². The predicted octanol–water partition coefficient (Wildman–Crippen LogP) is 1.70. The molecule has 2 aromatic heterocycles. The van der Waals surface area contributed by atoms with Crippen LogP contribution >= 0.6 is 23.1 Å². The van der Waals surface area contributed by atoms with E-state index in [0.29, 0.717) is 5.69 Å². The molecule has 2 rings (SSSR count). The summed E-state index contributed by atoms with van der Waals surface area (Å²) in [4.78, 5) is 30.6. The highest BCUT2D eigenvalue weighted by Crippen LogP contribution is 2.25. The summed E-state index contributed by atoms with van der Waals surface area (Å²) in [6.07, 6.45) is 2.28. The van der Waals surface area contributed by atoms with Crippen molar-refractivity contribution in [2.24, 2.45) is 0 Å². The van der Waals surface area contributed by atoms with Crippen molar-refractivity contribution in [2.75, 3.05) is 10.5 Å². The number of hydrogen-bond donors (Lipinski definition) is 1. The first-order chi connectivity index (χ1) is 10.3. The highest BCUT2D eigenvalue weighted by molar-refractivity contribution is 8.14. The van der Waals surface area contributed by atoms with Crippen molar-refractivity contribution in [1.82, 2.24) is 9.97 Å². The Morgan fingerprint density at radius 3 is 2.77 bits per heavy atom. The number of thioether (sulfide) groups is 1. The molecule has 0 amide bonds. The van der Waals surface area contributed by atoms with Gasteiger partial charge >= 0.3 is 0 Å². The summed E-state index contributed by atoms with van der Waals surface area (Å²) >= 11 is 1.62. The Kier molecular flexibility index (Phi) is 4.98. The van der Waals surface area contributed by atoms with E-state index in [4.69, 9.17) is 4.42 Å². The molecular weight excluding hydrogens is 350 g/mol. The molecule has 2 aromatic rings. The fourth-order valence-electron chi connectivity index (χ4n) is 1.42. The summed E-state index contributed by atoms with van der Waals surface area (Å²) in [6.45, 7) is 2.89. The number of carbonyl (C=O) groups is 2. The average molecular weight is 361 g/mol. The lowest BCUT2D eigenvalue weighted by molar-refractivity contribution is -0.109. The van der Waals surface area contributed by atoms with E-state index in [0.717, 1.165) is 29.5 Å². The number of thiazole rings is 1. The van der Waals surface area contributed by atoms with E-state index in [1.807, 2.05) is 0 Å². The number of Topliss-reactive ketones (excluding diaryl/α,β-unsaturated/α-hetero) is 1. The van der Waals surface area contributed by atoms with E-state index in [9.17, 15) is 18.0 Å². The van der Waals surface area contributed by atoms with Gasteiger partial charge in [-0.25, -0.2) is 14.7 Å². The van der Waals surface area contributed by atoms with E-state index in [1.54, 1.807) is 0 Å². The number of aryl methyl sites for hydroxylation is 1. The number of nitrogens with zero attached hydrogens (tertiary/aromatic N) is 2. The third-order valence-electron chi connectivity index (χ3n) is 2.33. The Morgan fingerprint density at radius 1 is 1.45 bits per heavy atom. The zero-order valence-corrected chi connectivity index (χ0v) is 14.0. The number of anilines is 1. The second-order valence-corrected chi connectivity index (χ2v) is 8.08. The van der Waals surface area contributed by atoms with E-state index >= 15 is 0 Å². The number of aromatic nitrogens is 2. The number of hydrogen-bond acceptors (Lipinski definition) is 9. The minimum absolute atomic E-state index is 0.0482. The Labute approximate surface area is 134 Å². The molecule has 0 saturated carbocycles. The summed E-state index contributed by atoms with van der Waals surface area (Å²) in [7, 11) is -3.95. The Balaban J connectivity index is 2.21. The number of sulfonamides is 1. The van der Waals surface area contributed by atoms with Gasteiger partial charge in [-0.15, -0.1) is 0 Å². The van der Waals surface area contributed by atoms with Gasteiger partial charge in [-0.3, -0.25) is 9.59 Å². The van der Waals surface area contributed by atoms with Crippen molar-refractivity contribution in [1.29, 1.82) is 0 Å². The zero-order valence-electron chi connectivity index (χ0n) is 11.5. The highest BCUT2D eigenvalue weighted by Gasteiger charge is 2.24. The van der Waals surface area contributed by atoms with Crippen LogP contribution < -0.4 is 4.72 Å². The molecule has 0 fully saturated rings. The van der Waals surface area contributed by atoms with Crippen molar-refractivity contribution in [3.8, 4) is 0 Å². The van der Waals surface area contributed by atoms with E-state index in [-0.39, 0.29) is 31.8 Å². The average Bonchev–Trinajstić information content (AvgIpc) is 3.05. The molecule has 0 atom stereocenters. The largest absolute Gasteiger partial charge is 0.427 e. The van der Waals surface area contributed by atoms with Crippen LogP contribution in [0.4, 0.5) is 5.88 Å². The van der Waals surface area contributed by atoms with Gasteiger partial charge in [0.05, 0.1) is 22.5 Å². The topological polar surface area (TPSA) is 119 Å². The molecule has 0 saturated heterocycles. The van der Waals surface area contributed by atoms with Gasteiger partial charge in [0, 0.05) is 6.92 Å². The summed E-state index contributed by atoms with van der Waals surface area (Å²) in [5.74, 6) is -0.433. The van der Waals surface area contributed by atoms with Crippen molar-refractivity contribution in [3.05, 3.63) is 23.2 Å². The van der Waals surface area contributed by atoms with E-state index in [2.05, 4.69) is 14.7 Å². The van der Waals surface area contributed by atoms with Gasteiger partial charge < -0.3 is 4.42 Å². The van der Waals surface area contributed by atoms with Crippen LogP contribution in [0.1, 0.15) is 22.3 Å². The third kappa shape index (κ3) is 3.93. The van der Waals surface area contributed by atoms with Crippen LogP contribution in [0.2, 0.25) is 0 Å². The van der Waals surface area contributed by atoms with Crippen molar-refractivity contribution >= 4 is 49.9 Å². The van der Waals surface area contributed by atoms with Crippen LogP contribution in [0, 0.1) is 6.92 Å². The number of carbonyl (C=O) groups excluding carboxylic acids is 2. The molecule has 0 aliphatic heterocycles. The molecule has 8 nitrogen and oxygen atoms in total. The first-order valence-corrected chi connectivity index (χ1v) is 9.13. The van der Waals surface area contributed by atoms with Gasteiger partial charge in [-0.2, -0.15) is 8.42 Å². The molecule has 118 valence electrons. The van der Waals surface area contributed by atoms with Crippen LogP contribution in [0.3, 0.4) is 0 Å². The summed E-state index contributed by atoms with van der Waals surface area (Å²) in [5, 5.41) is -0.185. The number of oxazole rings is 1. The normalized spacial score (nSPS) is 11.4. The minimum Gasteiger partial charge on any atom is -0.427 e. The molecule has 0 aliphatic rings. The lowest BCUT2D eigenvalue weighted by atomic mass is 10.3. The molecule has 0 spiro atoms. The lowest BCUT2D eigenvalue weighted by Gasteiger charge is -1.99. The quantitative estimate of drug-likeness (QED) is 0.772. The standard InChI is InChI=1S/C11H11N3O5S3/c1-6-10(8(16)4-20-7(2)15)21-11(13-6)22(17,18)14-9-3-12-5-19-9/h3,5,14H,4H2,1-2H3. The molecule has 0 aliphatic carbocycles. The first-order valence-electron chi connectivity index (χ1n) is 5.85. The van der Waals surface area contributed by atoms with Gasteiger partial charge in [-0.05, 0) is 6.92 Å². The maximum atomic E-state index is 12.1. The van der Waals surface area contributed by atoms with Gasteiger partial charge in [-0.1, -0.05) is 23.1 Å². The fourth-order valence-corrected chi connectivity index (χ4v) is 4.25. The monoisotopic (exact) mass is 361 g/mol. The van der Waals surface area contributed by atoms with Crippen molar-refractivity contribution < 1.29 is 22.4 Å². The van der Waals surface area contributed by atoms with Crippen LogP contribution in [0.25, 0.3) is 0 Å². The van der Waals surface area contributed by atoms with E-state index in [1.165, 1.54) is 20.0 Å². The molecule has 0 aromatic carbocycles. The molecule has 0 radical (unpaired) electrons. The number of nitrogens with one attached hydrogen (secondary N) is 1. The second-order valence-electron chi connectivity index (χ2n) is 4.07. The summed E-state index contributed by atoms with van der Waals surface area (Å²) < 4.78 is 31.0. The van der Waals surface area contributed by atoms with Crippen molar-refractivity contribution in [3.63, 3.8) is 0 Å². The summed E-state index contributed by atoms with van der Waals surface area (Å²) in [6, 6.07) is 0. The molecular formula is C11H11N3O5S3. The van der Waals surface area contributed by atoms with Crippen molar-refractivity contribution in [2.45, 2.75) is 18.2 Å². The lowest BCUT2D eigenvalue weighted by Crippen LogP contribution is -2.12. The van der Waals surface area contributed by atoms with Gasteiger partial charge in [0.1, 0.15) is 0 Å². The smallest absolute Gasteiger partial charge is 0.291 e. The fraction of sp³-hybridized carbons (Fsp3) is 0.273. The SMILES string of the molecule is CC(=O)SCC(=O)c1sc(S(=O)(=O)Nc2cnco2)nc1C. The molecule has 0 unspecified atom stereocenters. The third-order valence-corrected chi connectivity index (χ3v) is 6.07. The maximum absolute atomic E-state index is 12.1. The zero-order chi connectivity index (χ0) is 16.3. The molecule has 11 heteroatoms. The van der Waals surface area contributed by atoms with Gasteiger partial charge in [0.15, 0.2) is 17.3 Å². The number of rotatable bonds is 6. The van der Waals surface area contributed by atoms with Gasteiger partial charge in [0.2, 0.25) is 10.2 Å². The van der Waals surface area contributed by atoms with Crippen LogP contribution in [0.15, 0.2) is 21.3 Å². The van der Waals surface area contributed by atoms with E-state index < -0.39 is 10.0 Å². The molecule has 1 N–H and O–H groups in total. The molecule has 2 heterocycles. The van der Waals surface area contributed by atoms with Crippen LogP contribution in [0.5, 0.6) is 0 Å². The Hall–Kier alpha value is -1.72. The molecule has 0 bridgehead atoms.